The largest absolute Gasteiger partial charge is 0.393 e. The minimum atomic E-state index is -0.100. The van der Waals surface area contributed by atoms with E-state index in [9.17, 15) is 5.11 Å². The third-order valence-electron chi connectivity index (χ3n) is 2.17. The molecule has 0 aliphatic heterocycles. The lowest BCUT2D eigenvalue weighted by atomic mass is 9.95. The van der Waals surface area contributed by atoms with E-state index in [0.717, 1.165) is 6.42 Å². The molecule has 10 heavy (non-hydrogen) atoms. The van der Waals surface area contributed by atoms with Gasteiger partial charge in [0, 0.05) is 0 Å². The normalized spacial score (nSPS) is 38.2. The van der Waals surface area contributed by atoms with Crippen LogP contribution < -0.4 is 0 Å². The van der Waals surface area contributed by atoms with Gasteiger partial charge in [-0.2, -0.15) is 0 Å². The quantitative estimate of drug-likeness (QED) is 0.511. The SMILES string of the molecule is C[C@@H]1/C=C\CCCC[C@H]1O. The van der Waals surface area contributed by atoms with Crippen LogP contribution in [-0.2, 0) is 0 Å². The first kappa shape index (κ1) is 7.80. The second-order valence-electron chi connectivity index (χ2n) is 3.14. The van der Waals surface area contributed by atoms with Gasteiger partial charge < -0.3 is 5.11 Å². The number of rotatable bonds is 0. The molecule has 0 saturated heterocycles. The number of hydrogen-bond donors (Lipinski definition) is 1. The van der Waals surface area contributed by atoms with Crippen molar-refractivity contribution in [1.29, 1.82) is 0 Å². The van der Waals surface area contributed by atoms with E-state index in [1.807, 2.05) is 0 Å². The van der Waals surface area contributed by atoms with Crippen LogP contribution in [0.1, 0.15) is 32.6 Å². The summed E-state index contributed by atoms with van der Waals surface area (Å²) in [5.41, 5.74) is 0. The second-order valence-corrected chi connectivity index (χ2v) is 3.14. The van der Waals surface area contributed by atoms with E-state index < -0.39 is 0 Å². The van der Waals surface area contributed by atoms with Crippen molar-refractivity contribution in [3.63, 3.8) is 0 Å². The molecule has 1 N–H and O–H groups in total. The molecule has 0 bridgehead atoms. The maximum Gasteiger partial charge on any atom is 0.0600 e. The maximum atomic E-state index is 9.43. The van der Waals surface area contributed by atoms with Crippen molar-refractivity contribution in [3.8, 4) is 0 Å². The van der Waals surface area contributed by atoms with Crippen molar-refractivity contribution in [2.24, 2.45) is 5.92 Å². The third kappa shape index (κ3) is 2.14. The van der Waals surface area contributed by atoms with Gasteiger partial charge in [0.2, 0.25) is 0 Å². The van der Waals surface area contributed by atoms with Crippen LogP contribution in [-0.4, -0.2) is 11.2 Å². The third-order valence-corrected chi connectivity index (χ3v) is 2.17. The molecule has 2 atom stereocenters. The van der Waals surface area contributed by atoms with Gasteiger partial charge in [0.25, 0.3) is 0 Å². The van der Waals surface area contributed by atoms with Crippen molar-refractivity contribution in [2.75, 3.05) is 0 Å². The van der Waals surface area contributed by atoms with E-state index in [1.165, 1.54) is 19.3 Å². The summed E-state index contributed by atoms with van der Waals surface area (Å²) in [5, 5.41) is 9.43. The summed E-state index contributed by atoms with van der Waals surface area (Å²) in [6.45, 7) is 2.08. The fraction of sp³-hybridized carbons (Fsp3) is 0.778. The predicted octanol–water partition coefficient (Wildman–Crippen LogP) is 2.11. The van der Waals surface area contributed by atoms with Gasteiger partial charge in [0.15, 0.2) is 0 Å². The average molecular weight is 140 g/mol. The van der Waals surface area contributed by atoms with Gasteiger partial charge in [-0.3, -0.25) is 0 Å². The number of aliphatic hydroxyl groups is 1. The molecule has 0 spiro atoms. The van der Waals surface area contributed by atoms with Gasteiger partial charge in [-0.1, -0.05) is 25.5 Å². The van der Waals surface area contributed by atoms with Crippen LogP contribution in [0.5, 0.6) is 0 Å². The highest BCUT2D eigenvalue weighted by atomic mass is 16.3. The molecule has 0 saturated carbocycles. The molecule has 0 amide bonds. The van der Waals surface area contributed by atoms with Crippen LogP contribution >= 0.6 is 0 Å². The summed E-state index contributed by atoms with van der Waals surface area (Å²) in [4.78, 5) is 0. The summed E-state index contributed by atoms with van der Waals surface area (Å²) in [7, 11) is 0. The first-order valence-electron chi connectivity index (χ1n) is 4.15. The van der Waals surface area contributed by atoms with E-state index in [0.29, 0.717) is 5.92 Å². The van der Waals surface area contributed by atoms with Crippen LogP contribution in [0, 0.1) is 5.92 Å². The zero-order valence-electron chi connectivity index (χ0n) is 6.59. The van der Waals surface area contributed by atoms with Gasteiger partial charge >= 0.3 is 0 Å². The molecular weight excluding hydrogens is 124 g/mol. The molecule has 58 valence electrons. The van der Waals surface area contributed by atoms with E-state index in [-0.39, 0.29) is 6.10 Å². The summed E-state index contributed by atoms with van der Waals surface area (Å²) in [6, 6.07) is 0. The molecule has 0 unspecified atom stereocenters. The second kappa shape index (κ2) is 3.77. The van der Waals surface area contributed by atoms with E-state index in [1.54, 1.807) is 0 Å². The highest BCUT2D eigenvalue weighted by Crippen LogP contribution is 2.16. The van der Waals surface area contributed by atoms with E-state index in [4.69, 9.17) is 0 Å². The van der Waals surface area contributed by atoms with Gasteiger partial charge in [-0.15, -0.1) is 0 Å². The molecule has 0 radical (unpaired) electrons. The first-order valence-corrected chi connectivity index (χ1v) is 4.15. The van der Waals surface area contributed by atoms with Gasteiger partial charge in [0.05, 0.1) is 6.10 Å². The highest BCUT2D eigenvalue weighted by Gasteiger charge is 2.11. The Hall–Kier alpha value is -0.300. The Bertz CT molecular complexity index is 118. The summed E-state index contributed by atoms with van der Waals surface area (Å²) in [6.07, 6.45) is 8.80. The Morgan fingerprint density at radius 1 is 1.40 bits per heavy atom. The molecule has 0 heterocycles. The molecule has 0 aromatic carbocycles. The van der Waals surface area contributed by atoms with Crippen molar-refractivity contribution >= 4 is 0 Å². The Balaban J connectivity index is 2.44. The maximum absolute atomic E-state index is 9.43. The van der Waals surface area contributed by atoms with E-state index in [2.05, 4.69) is 19.1 Å². The smallest absolute Gasteiger partial charge is 0.0600 e. The fourth-order valence-corrected chi connectivity index (χ4v) is 1.32. The predicted molar refractivity (Wildman–Crippen MR) is 42.8 cm³/mol. The molecule has 0 fully saturated rings. The topological polar surface area (TPSA) is 20.2 Å². The fourth-order valence-electron chi connectivity index (χ4n) is 1.32. The van der Waals surface area contributed by atoms with Crippen molar-refractivity contribution < 1.29 is 5.11 Å². The Morgan fingerprint density at radius 3 is 3.00 bits per heavy atom. The number of allylic oxidation sites excluding steroid dienone is 1. The van der Waals surface area contributed by atoms with Crippen LogP contribution in [0.2, 0.25) is 0 Å². The zero-order chi connectivity index (χ0) is 7.40. The monoisotopic (exact) mass is 140 g/mol. The van der Waals surface area contributed by atoms with Crippen molar-refractivity contribution in [2.45, 2.75) is 38.7 Å². The molecule has 1 aliphatic carbocycles. The van der Waals surface area contributed by atoms with Crippen molar-refractivity contribution in [1.82, 2.24) is 0 Å². The van der Waals surface area contributed by atoms with Gasteiger partial charge in [-0.05, 0) is 25.2 Å². The lowest BCUT2D eigenvalue weighted by molar-refractivity contribution is 0.123. The summed E-state index contributed by atoms with van der Waals surface area (Å²) >= 11 is 0. The van der Waals surface area contributed by atoms with Crippen LogP contribution in [0.15, 0.2) is 12.2 Å². The lowest BCUT2D eigenvalue weighted by Gasteiger charge is -2.16. The van der Waals surface area contributed by atoms with Crippen LogP contribution in [0.3, 0.4) is 0 Å². The molecule has 1 nitrogen and oxygen atoms in total. The minimum Gasteiger partial charge on any atom is -0.393 e. The first-order chi connectivity index (χ1) is 4.80. The minimum absolute atomic E-state index is 0.100. The van der Waals surface area contributed by atoms with Crippen molar-refractivity contribution in [3.05, 3.63) is 12.2 Å². The Kier molecular flexibility index (Phi) is 2.94. The van der Waals surface area contributed by atoms with Gasteiger partial charge in [-0.25, -0.2) is 0 Å². The van der Waals surface area contributed by atoms with E-state index >= 15 is 0 Å². The Morgan fingerprint density at radius 2 is 2.20 bits per heavy atom. The standard InChI is InChI=1S/C9H16O/c1-8-6-4-2-3-5-7-9(8)10/h4,6,8-10H,2-3,5,7H2,1H3/b6-4-/t8-,9-/m1/s1. The van der Waals surface area contributed by atoms with Crippen LogP contribution in [0.4, 0.5) is 0 Å². The molecule has 1 aliphatic rings. The summed E-state index contributed by atoms with van der Waals surface area (Å²) in [5.74, 6) is 0.361. The lowest BCUT2D eigenvalue weighted by Crippen LogP contribution is -2.16. The highest BCUT2D eigenvalue weighted by molar-refractivity contribution is 4.91. The van der Waals surface area contributed by atoms with Crippen LogP contribution in [0.25, 0.3) is 0 Å². The Labute approximate surface area is 62.8 Å². The zero-order valence-corrected chi connectivity index (χ0v) is 6.59. The average Bonchev–Trinajstić information content (AvgIpc) is 1.92. The molecule has 0 aromatic rings. The van der Waals surface area contributed by atoms with Gasteiger partial charge in [0.1, 0.15) is 0 Å². The molecular formula is C9H16O. The summed E-state index contributed by atoms with van der Waals surface area (Å²) < 4.78 is 0. The number of aliphatic hydroxyl groups excluding tert-OH is 1. The number of hydrogen-bond acceptors (Lipinski definition) is 1. The molecule has 1 heteroatoms. The molecule has 0 aromatic heterocycles. The molecule has 1 rings (SSSR count).